The van der Waals surface area contributed by atoms with Crippen molar-refractivity contribution in [2.24, 2.45) is 0 Å². The maximum absolute atomic E-state index is 11.8. The Labute approximate surface area is 102 Å². The van der Waals surface area contributed by atoms with Crippen molar-refractivity contribution in [3.05, 3.63) is 58.6 Å². The molecule has 0 aliphatic rings. The molecule has 2 aromatic rings. The Morgan fingerprint density at radius 2 is 2.00 bits per heavy atom. The van der Waals surface area contributed by atoms with Crippen molar-refractivity contribution in [3.63, 3.8) is 0 Å². The van der Waals surface area contributed by atoms with Gasteiger partial charge < -0.3 is 4.98 Å². The minimum atomic E-state index is -0.401. The average molecular weight is 246 g/mol. The number of carbonyl (C=O) groups excluding carboxylic acids is 1. The Hall–Kier alpha value is -1.88. The molecular weight excluding hydrogens is 236 g/mol. The molecule has 4 nitrogen and oxygen atoms in total. The van der Waals surface area contributed by atoms with Gasteiger partial charge in [-0.05, 0) is 6.07 Å². The van der Waals surface area contributed by atoms with E-state index < -0.39 is 5.69 Å². The number of rotatable bonds is 4. The third kappa shape index (κ3) is 3.29. The Kier molecular flexibility index (Phi) is 3.72. The summed E-state index contributed by atoms with van der Waals surface area (Å²) in [6.45, 7) is 0. The van der Waals surface area contributed by atoms with Gasteiger partial charge in [-0.25, -0.2) is 9.78 Å². The molecule has 0 bridgehead atoms. The molecule has 1 aromatic carbocycles. The van der Waals surface area contributed by atoms with E-state index in [2.05, 4.69) is 9.97 Å². The second-order valence-electron chi connectivity index (χ2n) is 3.32. The highest BCUT2D eigenvalue weighted by molar-refractivity contribution is 7.99. The summed E-state index contributed by atoms with van der Waals surface area (Å²) in [4.78, 5) is 28.8. The zero-order valence-electron chi connectivity index (χ0n) is 8.92. The number of aromatic nitrogens is 2. The van der Waals surface area contributed by atoms with Crippen LogP contribution in [0, 0.1) is 0 Å². The van der Waals surface area contributed by atoms with E-state index in [1.165, 1.54) is 18.0 Å². The second-order valence-corrected chi connectivity index (χ2v) is 4.33. The number of Topliss-reactive ketones (excluding diaryl/α,β-unsaturated/α-hetero) is 1. The van der Waals surface area contributed by atoms with Crippen LogP contribution in [0.25, 0.3) is 0 Å². The van der Waals surface area contributed by atoms with Crippen molar-refractivity contribution in [1.29, 1.82) is 0 Å². The smallest absolute Gasteiger partial charge is 0.300 e. The summed E-state index contributed by atoms with van der Waals surface area (Å²) < 4.78 is 0. The minimum absolute atomic E-state index is 0.0354. The monoisotopic (exact) mass is 246 g/mol. The normalized spacial score (nSPS) is 10.1. The predicted molar refractivity (Wildman–Crippen MR) is 66.4 cm³/mol. The van der Waals surface area contributed by atoms with E-state index in [4.69, 9.17) is 0 Å². The summed E-state index contributed by atoms with van der Waals surface area (Å²) in [5, 5.41) is 0.647. The number of H-pyrrole nitrogens is 1. The molecule has 5 heteroatoms. The van der Waals surface area contributed by atoms with Crippen LogP contribution < -0.4 is 5.69 Å². The van der Waals surface area contributed by atoms with Crippen molar-refractivity contribution in [2.75, 3.05) is 5.75 Å². The number of aromatic amines is 1. The van der Waals surface area contributed by atoms with Gasteiger partial charge in [0.1, 0.15) is 0 Å². The van der Waals surface area contributed by atoms with E-state index in [1.54, 1.807) is 18.2 Å². The van der Waals surface area contributed by atoms with E-state index >= 15 is 0 Å². The van der Waals surface area contributed by atoms with Crippen LogP contribution in [0.1, 0.15) is 10.4 Å². The van der Waals surface area contributed by atoms with Crippen LogP contribution >= 0.6 is 11.8 Å². The number of carbonyl (C=O) groups is 1. The van der Waals surface area contributed by atoms with Crippen LogP contribution in [0.3, 0.4) is 0 Å². The third-order valence-electron chi connectivity index (χ3n) is 2.10. The lowest BCUT2D eigenvalue weighted by Crippen LogP contribution is -2.10. The van der Waals surface area contributed by atoms with E-state index in [0.29, 0.717) is 16.3 Å². The van der Waals surface area contributed by atoms with Gasteiger partial charge in [-0.1, -0.05) is 30.3 Å². The molecule has 86 valence electrons. The fourth-order valence-corrected chi connectivity index (χ4v) is 2.06. The Morgan fingerprint density at radius 1 is 1.24 bits per heavy atom. The van der Waals surface area contributed by atoms with Crippen molar-refractivity contribution in [3.8, 4) is 0 Å². The summed E-state index contributed by atoms with van der Waals surface area (Å²) in [6, 6.07) is 10.7. The highest BCUT2D eigenvalue weighted by atomic mass is 32.2. The molecule has 0 saturated heterocycles. The van der Waals surface area contributed by atoms with Crippen LogP contribution in [0.2, 0.25) is 0 Å². The number of hydrogen-bond donors (Lipinski definition) is 1. The highest BCUT2D eigenvalue weighted by Crippen LogP contribution is 2.14. The van der Waals surface area contributed by atoms with E-state index in [9.17, 15) is 9.59 Å². The molecule has 0 saturated carbocycles. The lowest BCUT2D eigenvalue weighted by atomic mass is 10.2. The molecule has 1 aromatic heterocycles. The maximum atomic E-state index is 11.8. The maximum Gasteiger partial charge on any atom is 0.345 e. The lowest BCUT2D eigenvalue weighted by Gasteiger charge is -2.00. The summed E-state index contributed by atoms with van der Waals surface area (Å²) >= 11 is 1.29. The number of hydrogen-bond acceptors (Lipinski definition) is 4. The SMILES string of the molecule is O=C(CSc1ccnc(=O)[nH]1)c1ccccc1. The molecule has 0 fully saturated rings. The van der Waals surface area contributed by atoms with E-state index in [-0.39, 0.29) is 5.78 Å². The molecule has 0 unspecified atom stereocenters. The Balaban J connectivity index is 2.00. The molecule has 1 N–H and O–H groups in total. The number of nitrogens with zero attached hydrogens (tertiary/aromatic N) is 1. The molecule has 2 rings (SSSR count). The fraction of sp³-hybridized carbons (Fsp3) is 0.0833. The van der Waals surface area contributed by atoms with Crippen LogP contribution in [-0.2, 0) is 0 Å². The molecule has 0 aliphatic carbocycles. The Bertz CT molecular complexity index is 566. The van der Waals surface area contributed by atoms with E-state index in [1.807, 2.05) is 18.2 Å². The first-order valence-corrected chi connectivity index (χ1v) is 6.00. The summed E-state index contributed by atoms with van der Waals surface area (Å²) in [6.07, 6.45) is 1.42. The number of thioether (sulfide) groups is 1. The van der Waals surface area contributed by atoms with Gasteiger partial charge in [0, 0.05) is 11.8 Å². The highest BCUT2D eigenvalue weighted by Gasteiger charge is 2.05. The fourth-order valence-electron chi connectivity index (χ4n) is 1.29. The quantitative estimate of drug-likeness (QED) is 0.507. The molecule has 0 radical (unpaired) electrons. The first-order valence-electron chi connectivity index (χ1n) is 5.02. The van der Waals surface area contributed by atoms with Gasteiger partial charge in [0.05, 0.1) is 10.8 Å². The van der Waals surface area contributed by atoms with Gasteiger partial charge in [-0.2, -0.15) is 0 Å². The predicted octanol–water partition coefficient (Wildman–Crippen LogP) is 1.74. The van der Waals surface area contributed by atoms with Gasteiger partial charge in [-0.15, -0.1) is 11.8 Å². The molecule has 1 heterocycles. The summed E-state index contributed by atoms with van der Waals surface area (Å²) in [7, 11) is 0. The molecule has 0 spiro atoms. The van der Waals surface area contributed by atoms with Crippen molar-refractivity contribution in [2.45, 2.75) is 5.03 Å². The van der Waals surface area contributed by atoms with Gasteiger partial charge >= 0.3 is 5.69 Å². The van der Waals surface area contributed by atoms with Crippen LogP contribution in [-0.4, -0.2) is 21.5 Å². The zero-order chi connectivity index (χ0) is 12.1. The van der Waals surface area contributed by atoms with Gasteiger partial charge in [0.25, 0.3) is 0 Å². The van der Waals surface area contributed by atoms with Gasteiger partial charge in [-0.3, -0.25) is 4.79 Å². The van der Waals surface area contributed by atoms with Crippen molar-refractivity contribution in [1.82, 2.24) is 9.97 Å². The number of ketones is 1. The molecule has 17 heavy (non-hydrogen) atoms. The minimum Gasteiger partial charge on any atom is -0.300 e. The van der Waals surface area contributed by atoms with Crippen LogP contribution in [0.5, 0.6) is 0 Å². The van der Waals surface area contributed by atoms with Gasteiger partial charge in [0.2, 0.25) is 0 Å². The molecule has 0 amide bonds. The molecule has 0 atom stereocenters. The van der Waals surface area contributed by atoms with Crippen molar-refractivity contribution >= 4 is 17.5 Å². The average Bonchev–Trinajstić information content (AvgIpc) is 2.37. The third-order valence-corrected chi connectivity index (χ3v) is 3.06. The van der Waals surface area contributed by atoms with Crippen LogP contribution in [0.4, 0.5) is 0 Å². The summed E-state index contributed by atoms with van der Waals surface area (Å²) in [5.41, 5.74) is 0.276. The van der Waals surface area contributed by atoms with Crippen LogP contribution in [0.15, 0.2) is 52.4 Å². The van der Waals surface area contributed by atoms with Crippen molar-refractivity contribution < 1.29 is 4.79 Å². The number of benzene rings is 1. The summed E-state index contributed by atoms with van der Waals surface area (Å²) in [5.74, 6) is 0.331. The molecular formula is C12H10N2O2S. The zero-order valence-corrected chi connectivity index (χ0v) is 9.74. The van der Waals surface area contributed by atoms with Gasteiger partial charge in [0.15, 0.2) is 5.78 Å². The second kappa shape index (κ2) is 5.45. The first kappa shape index (κ1) is 11.6. The lowest BCUT2D eigenvalue weighted by molar-refractivity contribution is 0.102. The molecule has 0 aliphatic heterocycles. The van der Waals surface area contributed by atoms with E-state index in [0.717, 1.165) is 0 Å². The Morgan fingerprint density at radius 3 is 2.71 bits per heavy atom. The largest absolute Gasteiger partial charge is 0.345 e. The first-order chi connectivity index (χ1) is 8.25. The number of nitrogens with one attached hydrogen (secondary N) is 1. The standard InChI is InChI=1S/C12H10N2O2S/c15-10(9-4-2-1-3-5-9)8-17-11-6-7-13-12(16)14-11/h1-7H,8H2,(H,13,14,16). The topological polar surface area (TPSA) is 62.8 Å².